The van der Waals surface area contributed by atoms with Crippen LogP contribution >= 0.6 is 0 Å². The van der Waals surface area contributed by atoms with Crippen molar-refractivity contribution in [1.29, 1.82) is 0 Å². The molecule has 5 heteroatoms. The van der Waals surface area contributed by atoms with E-state index in [0.29, 0.717) is 0 Å². The third-order valence-corrected chi connectivity index (χ3v) is 4.28. The van der Waals surface area contributed by atoms with Crippen LogP contribution in [-0.4, -0.2) is 35.7 Å². The van der Waals surface area contributed by atoms with Crippen molar-refractivity contribution in [3.8, 4) is 5.75 Å². The molecule has 1 fully saturated rings. The summed E-state index contributed by atoms with van der Waals surface area (Å²) in [6, 6.07) is 8.20. The zero-order chi connectivity index (χ0) is 16.0. The number of aromatic nitrogens is 2. The fourth-order valence-corrected chi connectivity index (χ4v) is 2.88. The van der Waals surface area contributed by atoms with Gasteiger partial charge in [0.05, 0.1) is 26.7 Å². The molecule has 0 N–H and O–H groups in total. The Morgan fingerprint density at radius 3 is 2.61 bits per heavy atom. The molecule has 23 heavy (non-hydrogen) atoms. The normalized spacial score (nSPS) is 17.1. The molecule has 0 bridgehead atoms. The highest BCUT2D eigenvalue weighted by molar-refractivity contribution is 5.27. The summed E-state index contributed by atoms with van der Waals surface area (Å²) in [7, 11) is 1.68. The number of imidazole rings is 1. The molecule has 0 amide bonds. The molecule has 0 unspecified atom stereocenters. The van der Waals surface area contributed by atoms with E-state index in [2.05, 4.69) is 21.7 Å². The molecule has 1 saturated heterocycles. The molecule has 2 heterocycles. The maximum atomic E-state index is 6.05. The number of ether oxygens (including phenoxy) is 3. The summed E-state index contributed by atoms with van der Waals surface area (Å²) in [5, 5.41) is 0. The molecule has 124 valence electrons. The zero-order valence-corrected chi connectivity index (χ0v) is 13.6. The zero-order valence-electron chi connectivity index (χ0n) is 13.6. The summed E-state index contributed by atoms with van der Waals surface area (Å²) in [6.45, 7) is 2.39. The Balaban J connectivity index is 1.61. The van der Waals surface area contributed by atoms with Crippen LogP contribution in [0.25, 0.3) is 0 Å². The van der Waals surface area contributed by atoms with Gasteiger partial charge in [0.15, 0.2) is 5.79 Å². The van der Waals surface area contributed by atoms with Gasteiger partial charge in [-0.25, -0.2) is 4.98 Å². The van der Waals surface area contributed by atoms with Crippen LogP contribution in [0.4, 0.5) is 0 Å². The molecule has 0 spiro atoms. The van der Waals surface area contributed by atoms with Crippen LogP contribution in [-0.2, 0) is 22.4 Å². The maximum Gasteiger partial charge on any atom is 0.170 e. The smallest absolute Gasteiger partial charge is 0.170 e. The highest BCUT2D eigenvalue weighted by atomic mass is 16.7. The minimum absolute atomic E-state index is 0.484. The standard InChI is InChI=1S/C18H24N2O3/c1-21-17-5-3-16(4-6-17)7-8-18(22-13-2-14-23-18)9-11-20-12-10-19-15-20/h3-6,10,12,15H,2,7-9,11,13-14H2,1H3. The van der Waals surface area contributed by atoms with Gasteiger partial charge in [0.25, 0.3) is 0 Å². The molecule has 1 aliphatic heterocycles. The molecule has 2 aromatic rings. The van der Waals surface area contributed by atoms with Crippen molar-refractivity contribution in [3.05, 3.63) is 48.5 Å². The molecule has 0 atom stereocenters. The minimum atomic E-state index is -0.484. The van der Waals surface area contributed by atoms with E-state index in [0.717, 1.165) is 51.2 Å². The van der Waals surface area contributed by atoms with Crippen molar-refractivity contribution in [2.24, 2.45) is 0 Å². The van der Waals surface area contributed by atoms with Crippen LogP contribution in [0.1, 0.15) is 24.8 Å². The molecule has 1 aromatic carbocycles. The van der Waals surface area contributed by atoms with Gasteiger partial charge >= 0.3 is 0 Å². The lowest BCUT2D eigenvalue weighted by Gasteiger charge is -2.37. The van der Waals surface area contributed by atoms with Gasteiger partial charge in [0.1, 0.15) is 5.75 Å². The number of aryl methyl sites for hydroxylation is 2. The average molecular weight is 316 g/mol. The van der Waals surface area contributed by atoms with Crippen LogP contribution < -0.4 is 4.74 Å². The van der Waals surface area contributed by atoms with Crippen molar-refractivity contribution >= 4 is 0 Å². The van der Waals surface area contributed by atoms with Crippen molar-refractivity contribution in [2.75, 3.05) is 20.3 Å². The summed E-state index contributed by atoms with van der Waals surface area (Å²) in [6.07, 6.45) is 9.18. The minimum Gasteiger partial charge on any atom is -0.497 e. The Morgan fingerprint density at radius 1 is 1.17 bits per heavy atom. The Hall–Kier alpha value is -1.85. The SMILES string of the molecule is COc1ccc(CCC2(CCn3ccnc3)OCCCO2)cc1. The summed E-state index contributed by atoms with van der Waals surface area (Å²) in [5.74, 6) is 0.399. The second kappa shape index (κ2) is 7.62. The van der Waals surface area contributed by atoms with Crippen LogP contribution in [0.3, 0.4) is 0 Å². The van der Waals surface area contributed by atoms with Gasteiger partial charge < -0.3 is 18.8 Å². The third-order valence-electron chi connectivity index (χ3n) is 4.28. The first-order valence-corrected chi connectivity index (χ1v) is 8.16. The Kier molecular flexibility index (Phi) is 5.31. The molecular formula is C18H24N2O3. The molecular weight excluding hydrogens is 292 g/mol. The van der Waals surface area contributed by atoms with Gasteiger partial charge in [-0.3, -0.25) is 0 Å². The van der Waals surface area contributed by atoms with E-state index in [1.54, 1.807) is 13.3 Å². The topological polar surface area (TPSA) is 45.5 Å². The molecule has 1 aromatic heterocycles. The van der Waals surface area contributed by atoms with Crippen LogP contribution in [0.5, 0.6) is 5.75 Å². The van der Waals surface area contributed by atoms with Crippen molar-refractivity contribution < 1.29 is 14.2 Å². The van der Waals surface area contributed by atoms with Crippen molar-refractivity contribution in [3.63, 3.8) is 0 Å². The van der Waals surface area contributed by atoms with Crippen molar-refractivity contribution in [2.45, 2.75) is 38.0 Å². The van der Waals surface area contributed by atoms with E-state index in [9.17, 15) is 0 Å². The van der Waals surface area contributed by atoms with Crippen LogP contribution in [0.2, 0.25) is 0 Å². The Morgan fingerprint density at radius 2 is 1.96 bits per heavy atom. The number of rotatable bonds is 7. The van der Waals surface area contributed by atoms with E-state index in [1.165, 1.54) is 5.56 Å². The largest absolute Gasteiger partial charge is 0.497 e. The lowest BCUT2D eigenvalue weighted by molar-refractivity contribution is -0.274. The first-order valence-electron chi connectivity index (χ1n) is 8.16. The second-order valence-corrected chi connectivity index (χ2v) is 5.86. The Labute approximate surface area is 137 Å². The monoisotopic (exact) mass is 316 g/mol. The van der Waals surface area contributed by atoms with Crippen LogP contribution in [0.15, 0.2) is 43.0 Å². The highest BCUT2D eigenvalue weighted by Crippen LogP contribution is 2.29. The van der Waals surface area contributed by atoms with E-state index < -0.39 is 5.79 Å². The fraction of sp³-hybridized carbons (Fsp3) is 0.500. The van der Waals surface area contributed by atoms with Crippen LogP contribution in [0, 0.1) is 0 Å². The maximum absolute atomic E-state index is 6.05. The number of hydrogen-bond donors (Lipinski definition) is 0. The van der Waals surface area contributed by atoms with Gasteiger partial charge in [0.2, 0.25) is 0 Å². The molecule has 5 nitrogen and oxygen atoms in total. The summed E-state index contributed by atoms with van der Waals surface area (Å²) in [5.41, 5.74) is 1.27. The van der Waals surface area contributed by atoms with Gasteiger partial charge in [-0.05, 0) is 30.5 Å². The quantitative estimate of drug-likeness (QED) is 0.787. The molecule has 1 aliphatic rings. The summed E-state index contributed by atoms with van der Waals surface area (Å²) < 4.78 is 19.4. The van der Waals surface area contributed by atoms with E-state index in [4.69, 9.17) is 14.2 Å². The van der Waals surface area contributed by atoms with Gasteiger partial charge in [-0.1, -0.05) is 12.1 Å². The van der Waals surface area contributed by atoms with E-state index >= 15 is 0 Å². The van der Waals surface area contributed by atoms with Crippen molar-refractivity contribution in [1.82, 2.24) is 9.55 Å². The number of methoxy groups -OCH3 is 1. The summed E-state index contributed by atoms with van der Waals surface area (Å²) >= 11 is 0. The van der Waals surface area contributed by atoms with Gasteiger partial charge in [-0.2, -0.15) is 0 Å². The van der Waals surface area contributed by atoms with Gasteiger partial charge in [0, 0.05) is 31.8 Å². The predicted molar refractivity (Wildman–Crippen MR) is 87.4 cm³/mol. The average Bonchev–Trinajstić information content (AvgIpc) is 3.13. The second-order valence-electron chi connectivity index (χ2n) is 5.86. The first kappa shape index (κ1) is 16.0. The lowest BCUT2D eigenvalue weighted by atomic mass is 10.0. The van der Waals surface area contributed by atoms with E-state index in [1.807, 2.05) is 24.7 Å². The fourth-order valence-electron chi connectivity index (χ4n) is 2.88. The molecule has 3 rings (SSSR count). The molecule has 0 saturated carbocycles. The lowest BCUT2D eigenvalue weighted by Crippen LogP contribution is -2.42. The molecule has 0 aliphatic carbocycles. The van der Waals surface area contributed by atoms with E-state index in [-0.39, 0.29) is 0 Å². The number of hydrogen-bond acceptors (Lipinski definition) is 4. The Bertz CT molecular complexity index is 575. The number of benzene rings is 1. The van der Waals surface area contributed by atoms with Gasteiger partial charge in [-0.15, -0.1) is 0 Å². The third kappa shape index (κ3) is 4.33. The summed E-state index contributed by atoms with van der Waals surface area (Å²) in [4.78, 5) is 4.09. The first-order chi connectivity index (χ1) is 11.3. The molecule has 0 radical (unpaired) electrons. The number of nitrogens with zero attached hydrogens (tertiary/aromatic N) is 2. The highest BCUT2D eigenvalue weighted by Gasteiger charge is 2.34. The predicted octanol–water partition coefficient (Wildman–Crippen LogP) is 3.05.